The fourth-order valence-electron chi connectivity index (χ4n) is 3.16. The smallest absolute Gasteiger partial charge is 0.0921 e. The molecule has 1 saturated heterocycles. The number of hydrogen-bond acceptors (Lipinski definition) is 2. The molecule has 20 heavy (non-hydrogen) atoms. The second kappa shape index (κ2) is 6.71. The largest absolute Gasteiger partial charge is 0.348 e. The SMILES string of the molecule is c1ccc(CN2CCCC[C@@H]2CCc2cnc[nH]2)cc1. The van der Waals surface area contributed by atoms with Crippen LogP contribution in [0.4, 0.5) is 0 Å². The van der Waals surface area contributed by atoms with Crippen molar-refractivity contribution in [1.82, 2.24) is 14.9 Å². The standard InChI is InChI=1S/C17H23N3/c1-2-6-15(7-3-1)13-20-11-5-4-8-17(20)10-9-16-12-18-14-19-16/h1-3,6-7,12,14,17H,4-5,8-11,13H2,(H,18,19)/t17-/m1/s1. The van der Waals surface area contributed by atoms with Crippen LogP contribution in [0.25, 0.3) is 0 Å². The summed E-state index contributed by atoms with van der Waals surface area (Å²) in [6.07, 6.45) is 10.1. The molecule has 0 amide bonds. The van der Waals surface area contributed by atoms with Gasteiger partial charge < -0.3 is 4.98 Å². The number of nitrogens with one attached hydrogen (secondary N) is 1. The lowest BCUT2D eigenvalue weighted by molar-refractivity contribution is 0.132. The summed E-state index contributed by atoms with van der Waals surface area (Å²) in [7, 11) is 0. The molecule has 2 heterocycles. The van der Waals surface area contributed by atoms with Gasteiger partial charge in [-0.2, -0.15) is 0 Å². The number of aryl methyl sites for hydroxylation is 1. The third kappa shape index (κ3) is 3.48. The minimum Gasteiger partial charge on any atom is -0.348 e. The number of H-pyrrole nitrogens is 1. The topological polar surface area (TPSA) is 31.9 Å². The number of piperidine rings is 1. The van der Waals surface area contributed by atoms with Gasteiger partial charge >= 0.3 is 0 Å². The number of hydrogen-bond donors (Lipinski definition) is 1. The normalized spacial score (nSPS) is 20.1. The molecule has 0 bridgehead atoms. The van der Waals surface area contributed by atoms with Gasteiger partial charge in [0.2, 0.25) is 0 Å². The molecule has 0 spiro atoms. The molecule has 1 aromatic heterocycles. The fourth-order valence-corrected chi connectivity index (χ4v) is 3.16. The maximum atomic E-state index is 4.10. The van der Waals surface area contributed by atoms with E-state index in [-0.39, 0.29) is 0 Å². The molecule has 1 aliphatic heterocycles. The van der Waals surface area contributed by atoms with Gasteiger partial charge in [0.25, 0.3) is 0 Å². The molecule has 0 aliphatic carbocycles. The van der Waals surface area contributed by atoms with Crippen molar-refractivity contribution in [3.63, 3.8) is 0 Å². The quantitative estimate of drug-likeness (QED) is 0.902. The Hall–Kier alpha value is -1.61. The summed E-state index contributed by atoms with van der Waals surface area (Å²) in [6, 6.07) is 11.6. The van der Waals surface area contributed by atoms with Gasteiger partial charge in [-0.3, -0.25) is 4.90 Å². The predicted molar refractivity (Wildman–Crippen MR) is 81.4 cm³/mol. The van der Waals surface area contributed by atoms with Gasteiger partial charge in [-0.1, -0.05) is 36.8 Å². The van der Waals surface area contributed by atoms with Crippen LogP contribution < -0.4 is 0 Å². The zero-order valence-electron chi connectivity index (χ0n) is 12.0. The number of aromatic amines is 1. The minimum atomic E-state index is 0.715. The third-order valence-corrected chi connectivity index (χ3v) is 4.28. The molecule has 0 saturated carbocycles. The summed E-state index contributed by atoms with van der Waals surface area (Å²) >= 11 is 0. The molecule has 1 fully saturated rings. The van der Waals surface area contributed by atoms with Crippen molar-refractivity contribution in [3.05, 3.63) is 54.1 Å². The number of likely N-dealkylation sites (tertiary alicyclic amines) is 1. The van der Waals surface area contributed by atoms with Crippen LogP contribution in [-0.4, -0.2) is 27.5 Å². The molecule has 3 rings (SSSR count). The van der Waals surface area contributed by atoms with Gasteiger partial charge in [-0.05, 0) is 37.8 Å². The van der Waals surface area contributed by atoms with Crippen LogP contribution in [0.1, 0.15) is 36.9 Å². The van der Waals surface area contributed by atoms with Crippen molar-refractivity contribution in [3.8, 4) is 0 Å². The van der Waals surface area contributed by atoms with Crippen LogP contribution in [0.2, 0.25) is 0 Å². The first-order valence-corrected chi connectivity index (χ1v) is 7.67. The third-order valence-electron chi connectivity index (χ3n) is 4.28. The van der Waals surface area contributed by atoms with Crippen molar-refractivity contribution < 1.29 is 0 Å². The second-order valence-corrected chi connectivity index (χ2v) is 5.72. The Morgan fingerprint density at radius 3 is 2.90 bits per heavy atom. The first-order chi connectivity index (χ1) is 9.92. The number of benzene rings is 1. The number of imidazole rings is 1. The highest BCUT2D eigenvalue weighted by Gasteiger charge is 2.22. The molecule has 0 unspecified atom stereocenters. The molecule has 1 atom stereocenters. The van der Waals surface area contributed by atoms with Gasteiger partial charge in [-0.25, -0.2) is 4.98 Å². The lowest BCUT2D eigenvalue weighted by atomic mass is 9.96. The van der Waals surface area contributed by atoms with E-state index in [0.29, 0.717) is 6.04 Å². The molecular formula is C17H23N3. The lowest BCUT2D eigenvalue weighted by Crippen LogP contribution is -2.39. The summed E-state index contributed by atoms with van der Waals surface area (Å²) in [5.41, 5.74) is 2.69. The second-order valence-electron chi connectivity index (χ2n) is 5.72. The molecule has 1 aliphatic rings. The van der Waals surface area contributed by atoms with Crippen LogP contribution in [0.3, 0.4) is 0 Å². The van der Waals surface area contributed by atoms with E-state index < -0.39 is 0 Å². The summed E-state index contributed by atoms with van der Waals surface area (Å²) in [5.74, 6) is 0. The van der Waals surface area contributed by atoms with E-state index >= 15 is 0 Å². The van der Waals surface area contributed by atoms with Crippen molar-refractivity contribution >= 4 is 0 Å². The highest BCUT2D eigenvalue weighted by Crippen LogP contribution is 2.23. The fraction of sp³-hybridized carbons (Fsp3) is 0.471. The Morgan fingerprint density at radius 1 is 1.20 bits per heavy atom. The van der Waals surface area contributed by atoms with Gasteiger partial charge in [0.1, 0.15) is 0 Å². The van der Waals surface area contributed by atoms with Gasteiger partial charge in [0.05, 0.1) is 6.33 Å². The highest BCUT2D eigenvalue weighted by molar-refractivity contribution is 5.14. The van der Waals surface area contributed by atoms with E-state index in [1.165, 1.54) is 43.5 Å². The van der Waals surface area contributed by atoms with Crippen LogP contribution in [0.15, 0.2) is 42.9 Å². The van der Waals surface area contributed by atoms with E-state index in [1.807, 2.05) is 6.20 Å². The van der Waals surface area contributed by atoms with E-state index in [2.05, 4.69) is 45.2 Å². The maximum absolute atomic E-state index is 4.10. The monoisotopic (exact) mass is 269 g/mol. The van der Waals surface area contributed by atoms with E-state index in [0.717, 1.165) is 13.0 Å². The molecular weight excluding hydrogens is 246 g/mol. The van der Waals surface area contributed by atoms with Crippen molar-refractivity contribution in [1.29, 1.82) is 0 Å². The van der Waals surface area contributed by atoms with Gasteiger partial charge in [0, 0.05) is 24.5 Å². The number of aromatic nitrogens is 2. The van der Waals surface area contributed by atoms with Crippen LogP contribution in [0, 0.1) is 0 Å². The van der Waals surface area contributed by atoms with Crippen molar-refractivity contribution in [2.75, 3.05) is 6.54 Å². The van der Waals surface area contributed by atoms with Crippen LogP contribution >= 0.6 is 0 Å². The average Bonchev–Trinajstić information content (AvgIpc) is 3.01. The Balaban J connectivity index is 1.59. The molecule has 1 aromatic carbocycles. The van der Waals surface area contributed by atoms with Crippen molar-refractivity contribution in [2.24, 2.45) is 0 Å². The molecule has 106 valence electrons. The van der Waals surface area contributed by atoms with E-state index in [9.17, 15) is 0 Å². The average molecular weight is 269 g/mol. The Labute approximate surface area is 121 Å². The highest BCUT2D eigenvalue weighted by atomic mass is 15.2. The predicted octanol–water partition coefficient (Wildman–Crippen LogP) is 3.40. The first-order valence-electron chi connectivity index (χ1n) is 7.67. The minimum absolute atomic E-state index is 0.715. The summed E-state index contributed by atoms with van der Waals surface area (Å²) in [4.78, 5) is 9.98. The lowest BCUT2D eigenvalue weighted by Gasteiger charge is -2.35. The molecule has 1 N–H and O–H groups in total. The van der Waals surface area contributed by atoms with E-state index in [4.69, 9.17) is 0 Å². The van der Waals surface area contributed by atoms with Crippen LogP contribution in [-0.2, 0) is 13.0 Å². The summed E-state index contributed by atoms with van der Waals surface area (Å²) < 4.78 is 0. The Bertz CT molecular complexity index is 492. The van der Waals surface area contributed by atoms with Crippen molar-refractivity contribution in [2.45, 2.75) is 44.7 Å². The molecule has 3 heteroatoms. The molecule has 0 radical (unpaired) electrons. The first kappa shape index (κ1) is 13.4. The summed E-state index contributed by atoms with van der Waals surface area (Å²) in [5, 5.41) is 0. The molecule has 3 nitrogen and oxygen atoms in total. The summed E-state index contributed by atoms with van der Waals surface area (Å²) in [6.45, 7) is 2.33. The van der Waals surface area contributed by atoms with Gasteiger partial charge in [-0.15, -0.1) is 0 Å². The van der Waals surface area contributed by atoms with E-state index in [1.54, 1.807) is 6.33 Å². The number of nitrogens with zero attached hydrogens (tertiary/aromatic N) is 2. The van der Waals surface area contributed by atoms with Gasteiger partial charge in [0.15, 0.2) is 0 Å². The molecule has 2 aromatic rings. The Morgan fingerprint density at radius 2 is 2.10 bits per heavy atom. The zero-order chi connectivity index (χ0) is 13.6. The maximum Gasteiger partial charge on any atom is 0.0921 e. The number of rotatable bonds is 5. The zero-order valence-corrected chi connectivity index (χ0v) is 12.0. The Kier molecular flexibility index (Phi) is 4.49. The van der Waals surface area contributed by atoms with Crippen LogP contribution in [0.5, 0.6) is 0 Å².